The molecule has 2 aromatic rings. The minimum Gasteiger partial charge on any atom is -0.438 e. The molecule has 114 valence electrons. The summed E-state index contributed by atoms with van der Waals surface area (Å²) in [6.07, 6.45) is 2.55. The van der Waals surface area contributed by atoms with E-state index >= 15 is 0 Å². The van der Waals surface area contributed by atoms with E-state index in [1.54, 1.807) is 18.3 Å². The van der Waals surface area contributed by atoms with Gasteiger partial charge >= 0.3 is 0 Å². The highest BCUT2D eigenvalue weighted by atomic mass is 79.9. The molecule has 1 atom stereocenters. The molecule has 1 aliphatic heterocycles. The number of amides is 1. The molecule has 1 aromatic carbocycles. The lowest BCUT2D eigenvalue weighted by Gasteiger charge is -2.13. The molecule has 0 spiro atoms. The zero-order chi connectivity index (χ0) is 15.4. The Labute approximate surface area is 137 Å². The molecular formula is C16H16BrN3O2. The van der Waals surface area contributed by atoms with Gasteiger partial charge in [-0.1, -0.05) is 15.9 Å². The van der Waals surface area contributed by atoms with Crippen LogP contribution in [0.5, 0.6) is 11.6 Å². The third-order valence-electron chi connectivity index (χ3n) is 3.44. The number of carbonyl (C=O) groups excluding carboxylic acids is 1. The van der Waals surface area contributed by atoms with Crippen LogP contribution in [0.25, 0.3) is 0 Å². The van der Waals surface area contributed by atoms with Crippen LogP contribution in [-0.2, 0) is 0 Å². The van der Waals surface area contributed by atoms with E-state index in [1.165, 1.54) is 0 Å². The molecule has 0 radical (unpaired) electrons. The Hall–Kier alpha value is -1.92. The summed E-state index contributed by atoms with van der Waals surface area (Å²) in [6, 6.07) is 11.0. The van der Waals surface area contributed by atoms with E-state index in [0.29, 0.717) is 17.2 Å². The molecule has 1 amide bonds. The summed E-state index contributed by atoms with van der Waals surface area (Å²) in [6.45, 7) is 1.73. The molecule has 1 unspecified atom stereocenters. The first kappa shape index (κ1) is 15.0. The van der Waals surface area contributed by atoms with Crippen molar-refractivity contribution in [3.8, 4) is 11.6 Å². The molecule has 0 bridgehead atoms. The molecule has 6 heteroatoms. The maximum Gasteiger partial charge on any atom is 0.257 e. The number of nitrogens with zero attached hydrogens (tertiary/aromatic N) is 1. The maximum absolute atomic E-state index is 12.4. The summed E-state index contributed by atoms with van der Waals surface area (Å²) in [5.41, 5.74) is 0.442. The van der Waals surface area contributed by atoms with Gasteiger partial charge in [-0.2, -0.15) is 0 Å². The topological polar surface area (TPSA) is 63.2 Å². The van der Waals surface area contributed by atoms with Crippen LogP contribution in [0.3, 0.4) is 0 Å². The third kappa shape index (κ3) is 3.64. The summed E-state index contributed by atoms with van der Waals surface area (Å²) in [7, 11) is 0. The fourth-order valence-corrected chi connectivity index (χ4v) is 2.56. The van der Waals surface area contributed by atoms with E-state index in [2.05, 4.69) is 31.5 Å². The van der Waals surface area contributed by atoms with Crippen molar-refractivity contribution in [1.82, 2.24) is 15.6 Å². The predicted octanol–water partition coefficient (Wildman–Crippen LogP) is 2.73. The molecule has 1 saturated heterocycles. The molecule has 2 N–H and O–H groups in total. The van der Waals surface area contributed by atoms with Gasteiger partial charge in [-0.05, 0) is 49.4 Å². The van der Waals surface area contributed by atoms with Gasteiger partial charge in [-0.25, -0.2) is 4.98 Å². The predicted molar refractivity (Wildman–Crippen MR) is 87.2 cm³/mol. The Bertz CT molecular complexity index is 655. The molecule has 22 heavy (non-hydrogen) atoms. The van der Waals surface area contributed by atoms with E-state index in [0.717, 1.165) is 24.0 Å². The minimum absolute atomic E-state index is 0.158. The minimum atomic E-state index is -0.158. The number of carbonyl (C=O) groups is 1. The van der Waals surface area contributed by atoms with Crippen LogP contribution >= 0.6 is 15.9 Å². The number of pyridine rings is 1. The number of halogens is 1. The van der Waals surface area contributed by atoms with E-state index in [4.69, 9.17) is 4.74 Å². The van der Waals surface area contributed by atoms with Crippen molar-refractivity contribution in [3.63, 3.8) is 0 Å². The highest BCUT2D eigenvalue weighted by Crippen LogP contribution is 2.24. The lowest BCUT2D eigenvalue weighted by Crippen LogP contribution is -2.36. The van der Waals surface area contributed by atoms with Crippen LogP contribution in [0.2, 0.25) is 0 Å². The monoisotopic (exact) mass is 361 g/mol. The number of rotatable bonds is 4. The van der Waals surface area contributed by atoms with E-state index in [-0.39, 0.29) is 11.9 Å². The lowest BCUT2D eigenvalue weighted by atomic mass is 10.2. The van der Waals surface area contributed by atoms with Gasteiger partial charge in [0.05, 0.1) is 0 Å². The smallest absolute Gasteiger partial charge is 0.257 e. The Morgan fingerprint density at radius 2 is 2.14 bits per heavy atom. The molecule has 5 nitrogen and oxygen atoms in total. The first-order valence-corrected chi connectivity index (χ1v) is 7.92. The average Bonchev–Trinajstić information content (AvgIpc) is 3.03. The Kier molecular flexibility index (Phi) is 4.70. The van der Waals surface area contributed by atoms with Crippen LogP contribution in [0.4, 0.5) is 0 Å². The van der Waals surface area contributed by atoms with Gasteiger partial charge in [0.2, 0.25) is 5.88 Å². The largest absolute Gasteiger partial charge is 0.438 e. The van der Waals surface area contributed by atoms with Crippen LogP contribution < -0.4 is 15.4 Å². The molecule has 0 aliphatic carbocycles. The van der Waals surface area contributed by atoms with Crippen molar-refractivity contribution in [2.45, 2.75) is 12.5 Å². The van der Waals surface area contributed by atoms with Gasteiger partial charge in [0, 0.05) is 23.3 Å². The van der Waals surface area contributed by atoms with Crippen molar-refractivity contribution in [2.75, 3.05) is 13.1 Å². The number of hydrogen-bond donors (Lipinski definition) is 2. The van der Waals surface area contributed by atoms with Gasteiger partial charge in [-0.3, -0.25) is 4.79 Å². The molecule has 2 heterocycles. The summed E-state index contributed by atoms with van der Waals surface area (Å²) >= 11 is 3.38. The van der Waals surface area contributed by atoms with Gasteiger partial charge in [-0.15, -0.1) is 0 Å². The molecule has 1 aromatic heterocycles. The number of nitrogens with one attached hydrogen (secondary N) is 2. The standard InChI is InChI=1S/C16H16BrN3O2/c17-11-3-5-13(6-4-11)22-16-14(2-1-8-19-16)15(21)20-12-7-9-18-10-12/h1-6,8,12,18H,7,9-10H2,(H,20,21). The van der Waals surface area contributed by atoms with Crippen molar-refractivity contribution in [2.24, 2.45) is 0 Å². The second-order valence-electron chi connectivity index (χ2n) is 5.08. The number of ether oxygens (including phenoxy) is 1. The summed E-state index contributed by atoms with van der Waals surface area (Å²) in [4.78, 5) is 16.6. The zero-order valence-corrected chi connectivity index (χ0v) is 13.5. The van der Waals surface area contributed by atoms with E-state index in [1.807, 2.05) is 24.3 Å². The summed E-state index contributed by atoms with van der Waals surface area (Å²) in [5, 5.41) is 6.22. The Morgan fingerprint density at radius 1 is 1.32 bits per heavy atom. The summed E-state index contributed by atoms with van der Waals surface area (Å²) < 4.78 is 6.71. The molecule has 0 saturated carbocycles. The number of aromatic nitrogens is 1. The SMILES string of the molecule is O=C(NC1CCNC1)c1cccnc1Oc1ccc(Br)cc1. The van der Waals surface area contributed by atoms with Gasteiger partial charge in [0.25, 0.3) is 5.91 Å². The molecule has 3 rings (SSSR count). The maximum atomic E-state index is 12.4. The lowest BCUT2D eigenvalue weighted by molar-refractivity contribution is 0.0937. The molecule has 1 fully saturated rings. The second kappa shape index (κ2) is 6.89. The van der Waals surface area contributed by atoms with Crippen molar-refractivity contribution >= 4 is 21.8 Å². The third-order valence-corrected chi connectivity index (χ3v) is 3.97. The van der Waals surface area contributed by atoms with Gasteiger partial charge in [0.1, 0.15) is 11.3 Å². The fraction of sp³-hybridized carbons (Fsp3) is 0.250. The highest BCUT2D eigenvalue weighted by Gasteiger charge is 2.20. The van der Waals surface area contributed by atoms with Crippen LogP contribution in [0.15, 0.2) is 47.1 Å². The van der Waals surface area contributed by atoms with E-state index in [9.17, 15) is 4.79 Å². The molecule has 1 aliphatic rings. The number of hydrogen-bond acceptors (Lipinski definition) is 4. The second-order valence-corrected chi connectivity index (χ2v) is 5.99. The van der Waals surface area contributed by atoms with E-state index < -0.39 is 0 Å². The van der Waals surface area contributed by atoms with Gasteiger partial charge < -0.3 is 15.4 Å². The normalized spacial score (nSPS) is 17.2. The van der Waals surface area contributed by atoms with Crippen LogP contribution in [0.1, 0.15) is 16.8 Å². The van der Waals surface area contributed by atoms with Crippen molar-refractivity contribution in [1.29, 1.82) is 0 Å². The number of benzene rings is 1. The van der Waals surface area contributed by atoms with Gasteiger partial charge in [0.15, 0.2) is 0 Å². The Morgan fingerprint density at radius 3 is 2.86 bits per heavy atom. The van der Waals surface area contributed by atoms with Crippen molar-refractivity contribution < 1.29 is 9.53 Å². The fourth-order valence-electron chi connectivity index (χ4n) is 2.30. The highest BCUT2D eigenvalue weighted by molar-refractivity contribution is 9.10. The Balaban J connectivity index is 1.76. The van der Waals surface area contributed by atoms with Crippen LogP contribution in [-0.4, -0.2) is 30.0 Å². The molecular weight excluding hydrogens is 346 g/mol. The van der Waals surface area contributed by atoms with Crippen molar-refractivity contribution in [3.05, 3.63) is 52.6 Å². The zero-order valence-electron chi connectivity index (χ0n) is 11.9. The quantitative estimate of drug-likeness (QED) is 0.878. The first-order chi connectivity index (χ1) is 10.7. The first-order valence-electron chi connectivity index (χ1n) is 7.12. The average molecular weight is 362 g/mol. The van der Waals surface area contributed by atoms with Crippen LogP contribution in [0, 0.1) is 0 Å². The summed E-state index contributed by atoms with van der Waals surface area (Å²) in [5.74, 6) is 0.792.